The summed E-state index contributed by atoms with van der Waals surface area (Å²) in [7, 11) is 0. The van der Waals surface area contributed by atoms with Gasteiger partial charge >= 0.3 is 6.36 Å². The van der Waals surface area contributed by atoms with Gasteiger partial charge in [-0.2, -0.15) is 0 Å². The maximum Gasteiger partial charge on any atom is 0.573 e. The fourth-order valence-electron chi connectivity index (χ4n) is 2.61. The van der Waals surface area contributed by atoms with Gasteiger partial charge in [-0.05, 0) is 35.9 Å². The minimum Gasteiger partial charge on any atom is -0.406 e. The fraction of sp³-hybridized carbons (Fsp3) is 0.235. The van der Waals surface area contributed by atoms with Gasteiger partial charge < -0.3 is 9.64 Å². The molecule has 8 heteroatoms. The van der Waals surface area contributed by atoms with E-state index in [2.05, 4.69) is 4.74 Å². The monoisotopic (exact) mass is 387 g/mol. The molecule has 0 spiro atoms. The van der Waals surface area contributed by atoms with E-state index in [0.29, 0.717) is 11.6 Å². The second-order valence-electron chi connectivity index (χ2n) is 5.35. The SMILES string of the molecule is O=C(c1cccc(OC(F)(F)F)c1)N1CCSC1c1cccc(Cl)c1. The number of alkyl halides is 3. The van der Waals surface area contributed by atoms with Gasteiger partial charge in [0.2, 0.25) is 0 Å². The lowest BCUT2D eigenvalue weighted by atomic mass is 10.1. The number of carbonyl (C=O) groups is 1. The third-order valence-corrected chi connectivity index (χ3v) is 5.10. The molecule has 2 aromatic rings. The Morgan fingerprint density at radius 3 is 2.68 bits per heavy atom. The molecular weight excluding hydrogens is 375 g/mol. The Morgan fingerprint density at radius 2 is 1.96 bits per heavy atom. The Labute approximate surface area is 151 Å². The number of nitrogens with zero attached hydrogens (tertiary/aromatic N) is 1. The highest BCUT2D eigenvalue weighted by atomic mass is 35.5. The van der Waals surface area contributed by atoms with Crippen molar-refractivity contribution in [2.75, 3.05) is 12.3 Å². The number of hydrogen-bond donors (Lipinski definition) is 0. The van der Waals surface area contributed by atoms with Crippen LogP contribution in [0.15, 0.2) is 48.5 Å². The van der Waals surface area contributed by atoms with E-state index in [1.54, 1.807) is 34.9 Å². The third kappa shape index (κ3) is 4.41. The van der Waals surface area contributed by atoms with Crippen molar-refractivity contribution in [1.82, 2.24) is 4.90 Å². The normalized spacial score (nSPS) is 17.6. The van der Waals surface area contributed by atoms with Gasteiger partial charge in [-0.15, -0.1) is 24.9 Å². The number of carbonyl (C=O) groups excluding carboxylic acids is 1. The summed E-state index contributed by atoms with van der Waals surface area (Å²) in [5, 5.41) is 0.344. The van der Waals surface area contributed by atoms with Gasteiger partial charge in [0.15, 0.2) is 0 Å². The number of rotatable bonds is 3. The standard InChI is InChI=1S/C17H13ClF3NO2S/c18-13-5-1-4-12(9-13)16-22(7-8-25-16)15(23)11-3-2-6-14(10-11)24-17(19,20)21/h1-6,9-10,16H,7-8H2. The lowest BCUT2D eigenvalue weighted by Gasteiger charge is -2.24. The van der Waals surface area contributed by atoms with Crippen LogP contribution < -0.4 is 4.74 Å². The summed E-state index contributed by atoms with van der Waals surface area (Å²) in [5.74, 6) is -0.0195. The quantitative estimate of drug-likeness (QED) is 0.731. The van der Waals surface area contributed by atoms with Crippen molar-refractivity contribution in [2.24, 2.45) is 0 Å². The lowest BCUT2D eigenvalue weighted by molar-refractivity contribution is -0.274. The van der Waals surface area contributed by atoms with Crippen molar-refractivity contribution in [3.05, 3.63) is 64.7 Å². The van der Waals surface area contributed by atoms with Gasteiger partial charge in [-0.1, -0.05) is 29.8 Å². The molecule has 1 unspecified atom stereocenters. The first-order chi connectivity index (χ1) is 11.8. The van der Waals surface area contributed by atoms with Crippen LogP contribution >= 0.6 is 23.4 Å². The van der Waals surface area contributed by atoms with Crippen LogP contribution in [-0.2, 0) is 0 Å². The Morgan fingerprint density at radius 1 is 1.20 bits per heavy atom. The molecule has 1 fully saturated rings. The summed E-state index contributed by atoms with van der Waals surface area (Å²) < 4.78 is 41.0. The number of thioether (sulfide) groups is 1. The average Bonchev–Trinajstić information content (AvgIpc) is 3.02. The summed E-state index contributed by atoms with van der Waals surface area (Å²) in [6.45, 7) is 0.505. The second kappa shape index (κ2) is 7.17. The van der Waals surface area contributed by atoms with Gasteiger partial charge in [0.1, 0.15) is 11.1 Å². The molecule has 0 radical (unpaired) electrons. The van der Waals surface area contributed by atoms with E-state index in [-0.39, 0.29) is 16.8 Å². The number of amides is 1. The van der Waals surface area contributed by atoms with Crippen LogP contribution in [0.5, 0.6) is 5.75 Å². The van der Waals surface area contributed by atoms with Gasteiger partial charge in [0.05, 0.1) is 0 Å². The number of hydrogen-bond acceptors (Lipinski definition) is 3. The first-order valence-corrected chi connectivity index (χ1v) is 8.80. The fourth-order valence-corrected chi connectivity index (χ4v) is 4.05. The number of ether oxygens (including phenoxy) is 1. The van der Waals surface area contributed by atoms with E-state index in [1.165, 1.54) is 12.1 Å². The van der Waals surface area contributed by atoms with E-state index in [1.807, 2.05) is 6.07 Å². The van der Waals surface area contributed by atoms with Crippen LogP contribution in [0.3, 0.4) is 0 Å². The van der Waals surface area contributed by atoms with Crippen LogP contribution in [0.1, 0.15) is 21.3 Å². The number of halogens is 4. The number of benzene rings is 2. The molecule has 1 amide bonds. The topological polar surface area (TPSA) is 29.5 Å². The van der Waals surface area contributed by atoms with Crippen LogP contribution in [0.2, 0.25) is 5.02 Å². The summed E-state index contributed by atoms with van der Waals surface area (Å²) >= 11 is 7.60. The molecule has 1 heterocycles. The summed E-state index contributed by atoms with van der Waals surface area (Å²) in [6, 6.07) is 12.3. The first kappa shape index (κ1) is 17.9. The Bertz CT molecular complexity index is 784. The first-order valence-electron chi connectivity index (χ1n) is 7.37. The highest BCUT2D eigenvalue weighted by Crippen LogP contribution is 2.39. The highest BCUT2D eigenvalue weighted by Gasteiger charge is 2.33. The molecule has 0 aliphatic carbocycles. The lowest BCUT2D eigenvalue weighted by Crippen LogP contribution is -2.30. The summed E-state index contributed by atoms with van der Waals surface area (Å²) in [4.78, 5) is 14.4. The van der Waals surface area contributed by atoms with E-state index < -0.39 is 12.1 Å². The largest absolute Gasteiger partial charge is 0.573 e. The van der Waals surface area contributed by atoms with E-state index >= 15 is 0 Å². The smallest absolute Gasteiger partial charge is 0.406 e. The minimum absolute atomic E-state index is 0.149. The summed E-state index contributed by atoms with van der Waals surface area (Å²) in [6.07, 6.45) is -4.80. The van der Waals surface area contributed by atoms with E-state index in [4.69, 9.17) is 11.6 Å². The molecule has 3 rings (SSSR count). The van der Waals surface area contributed by atoms with Crippen molar-refractivity contribution in [3.63, 3.8) is 0 Å². The zero-order valence-corrected chi connectivity index (χ0v) is 14.4. The molecule has 2 aromatic carbocycles. The van der Waals surface area contributed by atoms with Crippen LogP contribution in [0, 0.1) is 0 Å². The van der Waals surface area contributed by atoms with Crippen LogP contribution in [-0.4, -0.2) is 29.5 Å². The third-order valence-electron chi connectivity index (χ3n) is 3.60. The second-order valence-corrected chi connectivity index (χ2v) is 6.98. The molecule has 0 aromatic heterocycles. The molecule has 25 heavy (non-hydrogen) atoms. The predicted octanol–water partition coefficient (Wildman–Crippen LogP) is 5.13. The highest BCUT2D eigenvalue weighted by molar-refractivity contribution is 7.99. The molecule has 132 valence electrons. The molecule has 0 bridgehead atoms. The molecule has 1 atom stereocenters. The molecular formula is C17H13ClF3NO2S. The molecule has 1 saturated heterocycles. The van der Waals surface area contributed by atoms with Crippen molar-refractivity contribution in [3.8, 4) is 5.75 Å². The predicted molar refractivity (Wildman–Crippen MR) is 90.8 cm³/mol. The Balaban J connectivity index is 1.83. The molecule has 1 aliphatic rings. The maximum absolute atomic E-state index is 12.8. The summed E-state index contributed by atoms with van der Waals surface area (Å²) in [5.41, 5.74) is 1.03. The molecule has 3 nitrogen and oxygen atoms in total. The zero-order valence-electron chi connectivity index (χ0n) is 12.8. The van der Waals surface area contributed by atoms with Gasteiger partial charge in [-0.25, -0.2) is 0 Å². The molecule has 0 saturated carbocycles. The van der Waals surface area contributed by atoms with E-state index in [0.717, 1.165) is 23.4 Å². The zero-order chi connectivity index (χ0) is 18.0. The van der Waals surface area contributed by atoms with Crippen molar-refractivity contribution < 1.29 is 22.7 Å². The average molecular weight is 388 g/mol. The van der Waals surface area contributed by atoms with Crippen molar-refractivity contribution in [1.29, 1.82) is 0 Å². The van der Waals surface area contributed by atoms with E-state index in [9.17, 15) is 18.0 Å². The van der Waals surface area contributed by atoms with Crippen molar-refractivity contribution in [2.45, 2.75) is 11.7 Å². The van der Waals surface area contributed by atoms with Crippen LogP contribution in [0.4, 0.5) is 13.2 Å². The van der Waals surface area contributed by atoms with Crippen molar-refractivity contribution >= 4 is 29.3 Å². The Kier molecular flexibility index (Phi) is 5.15. The molecule has 0 N–H and O–H groups in total. The van der Waals surface area contributed by atoms with Gasteiger partial charge in [0, 0.05) is 22.9 Å². The van der Waals surface area contributed by atoms with Crippen LogP contribution in [0.25, 0.3) is 0 Å². The maximum atomic E-state index is 12.8. The van der Waals surface area contributed by atoms with Gasteiger partial charge in [-0.3, -0.25) is 4.79 Å². The molecule has 1 aliphatic heterocycles. The minimum atomic E-state index is -4.80. The van der Waals surface area contributed by atoms with Gasteiger partial charge in [0.25, 0.3) is 5.91 Å². The Hall–Kier alpha value is -1.86.